The average molecular weight is 298 g/mol. The van der Waals surface area contributed by atoms with Crippen molar-refractivity contribution < 1.29 is 25.8 Å². The van der Waals surface area contributed by atoms with Crippen molar-refractivity contribution in [3.63, 3.8) is 0 Å². The van der Waals surface area contributed by atoms with E-state index in [9.17, 15) is 16.8 Å². The lowest BCUT2D eigenvalue weighted by molar-refractivity contribution is 0.0982. The minimum Gasteiger partial charge on any atom is -0.381 e. The summed E-state index contributed by atoms with van der Waals surface area (Å²) in [6.45, 7) is 0.855. The predicted molar refractivity (Wildman–Crippen MR) is 65.5 cm³/mol. The van der Waals surface area contributed by atoms with Crippen molar-refractivity contribution in [1.29, 1.82) is 0 Å². The van der Waals surface area contributed by atoms with Crippen LogP contribution in [0, 0.1) is 0 Å². The molecule has 106 valence electrons. The fourth-order valence-electron chi connectivity index (χ4n) is 2.37. The monoisotopic (exact) mass is 298 g/mol. The van der Waals surface area contributed by atoms with E-state index in [1.54, 1.807) is 0 Å². The summed E-state index contributed by atoms with van der Waals surface area (Å²) in [5.41, 5.74) is 0. The lowest BCUT2D eigenvalue weighted by Gasteiger charge is -2.26. The van der Waals surface area contributed by atoms with Crippen LogP contribution in [0.2, 0.25) is 0 Å². The third-order valence-corrected chi connectivity index (χ3v) is 8.42. The van der Waals surface area contributed by atoms with Crippen LogP contribution in [0.5, 0.6) is 0 Å². The number of sulfone groups is 1. The van der Waals surface area contributed by atoms with Crippen LogP contribution >= 0.6 is 0 Å². The lowest BCUT2D eigenvalue weighted by atomic mass is 10.2. The summed E-state index contributed by atoms with van der Waals surface area (Å²) in [7, 11) is -6.12. The summed E-state index contributed by atoms with van der Waals surface area (Å²) < 4.78 is 56.3. The van der Waals surface area contributed by atoms with E-state index in [1.807, 2.05) is 0 Å². The Labute approximate surface area is 108 Å². The zero-order chi connectivity index (χ0) is 13.4. The van der Waals surface area contributed by atoms with Crippen LogP contribution in [0.3, 0.4) is 0 Å². The quantitative estimate of drug-likeness (QED) is 0.669. The Morgan fingerprint density at radius 1 is 1.17 bits per heavy atom. The Morgan fingerprint density at radius 3 is 2.17 bits per heavy atom. The fraction of sp³-hybridized carbons (Fsp3) is 1.00. The molecule has 0 unspecified atom stereocenters. The standard InChI is InChI=1S/C10H18O6S2/c1-15-17(11,12)8-10(4-5-10)18(13,14)9-2-6-16-7-3-9/h9H,2-8H2,1H3. The molecule has 1 saturated heterocycles. The second-order valence-electron chi connectivity index (χ2n) is 4.91. The molecule has 0 N–H and O–H groups in total. The van der Waals surface area contributed by atoms with Gasteiger partial charge < -0.3 is 4.74 Å². The Morgan fingerprint density at radius 2 is 1.72 bits per heavy atom. The largest absolute Gasteiger partial charge is 0.381 e. The van der Waals surface area contributed by atoms with Gasteiger partial charge in [0.2, 0.25) is 0 Å². The molecule has 18 heavy (non-hydrogen) atoms. The van der Waals surface area contributed by atoms with Crippen LogP contribution in [-0.4, -0.2) is 52.9 Å². The van der Waals surface area contributed by atoms with Crippen LogP contribution in [0.4, 0.5) is 0 Å². The molecule has 6 nitrogen and oxygen atoms in total. The highest BCUT2D eigenvalue weighted by atomic mass is 32.2. The lowest BCUT2D eigenvalue weighted by Crippen LogP contribution is -2.41. The molecule has 0 aromatic heterocycles. The highest BCUT2D eigenvalue weighted by Gasteiger charge is 2.59. The van der Waals surface area contributed by atoms with Gasteiger partial charge in [0.1, 0.15) is 0 Å². The molecule has 0 radical (unpaired) electrons. The Kier molecular flexibility index (Phi) is 3.74. The molecular weight excluding hydrogens is 280 g/mol. The highest BCUT2D eigenvalue weighted by molar-refractivity contribution is 7.95. The Balaban J connectivity index is 2.19. The average Bonchev–Trinajstić information content (AvgIpc) is 3.11. The predicted octanol–water partition coefficient (Wildman–Crippen LogP) is 0.0890. The van der Waals surface area contributed by atoms with Crippen molar-refractivity contribution >= 4 is 20.0 Å². The first-order valence-corrected chi connectivity index (χ1v) is 9.05. The smallest absolute Gasteiger partial charge is 0.268 e. The van der Waals surface area contributed by atoms with Crippen LogP contribution in [0.25, 0.3) is 0 Å². The zero-order valence-corrected chi connectivity index (χ0v) is 11.9. The molecule has 0 aromatic rings. The summed E-state index contributed by atoms with van der Waals surface area (Å²) in [5, 5.41) is -0.471. The van der Waals surface area contributed by atoms with Gasteiger partial charge in [0, 0.05) is 13.2 Å². The van der Waals surface area contributed by atoms with E-state index in [0.717, 1.165) is 7.11 Å². The molecule has 0 aromatic carbocycles. The van der Waals surface area contributed by atoms with Gasteiger partial charge >= 0.3 is 0 Å². The normalized spacial score (nSPS) is 24.9. The summed E-state index contributed by atoms with van der Waals surface area (Å²) in [5.74, 6) is -0.420. The van der Waals surface area contributed by atoms with E-state index in [4.69, 9.17) is 4.74 Å². The third-order valence-electron chi connectivity index (χ3n) is 3.71. The molecule has 0 atom stereocenters. The van der Waals surface area contributed by atoms with E-state index in [2.05, 4.69) is 4.18 Å². The van der Waals surface area contributed by atoms with Crippen LogP contribution in [0.1, 0.15) is 25.7 Å². The van der Waals surface area contributed by atoms with Crippen molar-refractivity contribution in [3.05, 3.63) is 0 Å². The number of hydrogen-bond donors (Lipinski definition) is 0. The minimum absolute atomic E-state index is 0.412. The number of hydrogen-bond acceptors (Lipinski definition) is 6. The second-order valence-corrected chi connectivity index (χ2v) is 9.27. The Hall–Kier alpha value is -0.180. The molecule has 1 heterocycles. The maximum absolute atomic E-state index is 12.5. The van der Waals surface area contributed by atoms with Gasteiger partial charge in [0.05, 0.1) is 22.9 Å². The van der Waals surface area contributed by atoms with E-state index in [0.29, 0.717) is 38.9 Å². The third kappa shape index (κ3) is 2.56. The van der Waals surface area contributed by atoms with Crippen molar-refractivity contribution in [2.45, 2.75) is 35.7 Å². The van der Waals surface area contributed by atoms with E-state index >= 15 is 0 Å². The maximum atomic E-state index is 12.5. The topological polar surface area (TPSA) is 86.7 Å². The van der Waals surface area contributed by atoms with Gasteiger partial charge in [-0.1, -0.05) is 0 Å². The fourth-order valence-corrected chi connectivity index (χ4v) is 6.70. The first-order valence-electron chi connectivity index (χ1n) is 5.92. The molecule has 1 aliphatic heterocycles. The van der Waals surface area contributed by atoms with Crippen molar-refractivity contribution in [2.24, 2.45) is 0 Å². The minimum atomic E-state index is -3.75. The molecule has 2 fully saturated rings. The summed E-state index contributed by atoms with van der Waals surface area (Å²) in [6, 6.07) is 0. The maximum Gasteiger partial charge on any atom is 0.268 e. The molecule has 2 aliphatic rings. The molecular formula is C10H18O6S2. The van der Waals surface area contributed by atoms with Crippen LogP contribution in [-0.2, 0) is 28.9 Å². The van der Waals surface area contributed by atoms with E-state index < -0.39 is 35.7 Å². The van der Waals surface area contributed by atoms with Gasteiger partial charge in [-0.25, -0.2) is 8.42 Å². The van der Waals surface area contributed by atoms with Crippen molar-refractivity contribution in [1.82, 2.24) is 0 Å². The SMILES string of the molecule is COS(=O)(=O)CC1(S(=O)(=O)C2CCOCC2)CC1. The Bertz CT molecular complexity index is 496. The van der Waals surface area contributed by atoms with Crippen LogP contribution in [0.15, 0.2) is 0 Å². The van der Waals surface area contributed by atoms with Crippen molar-refractivity contribution in [3.8, 4) is 0 Å². The molecule has 0 amide bonds. The first kappa shape index (κ1) is 14.2. The zero-order valence-electron chi connectivity index (χ0n) is 10.3. The van der Waals surface area contributed by atoms with Crippen LogP contribution < -0.4 is 0 Å². The molecule has 2 rings (SSSR count). The number of rotatable bonds is 5. The van der Waals surface area contributed by atoms with E-state index in [1.165, 1.54) is 0 Å². The van der Waals surface area contributed by atoms with Gasteiger partial charge in [-0.05, 0) is 25.7 Å². The van der Waals surface area contributed by atoms with Gasteiger partial charge in [-0.15, -0.1) is 0 Å². The van der Waals surface area contributed by atoms with Gasteiger partial charge in [-0.2, -0.15) is 8.42 Å². The molecule has 1 aliphatic carbocycles. The molecule has 0 bridgehead atoms. The second kappa shape index (κ2) is 4.73. The first-order chi connectivity index (χ1) is 8.33. The molecule has 8 heteroatoms. The summed E-state index contributed by atoms with van der Waals surface area (Å²) in [4.78, 5) is 0. The van der Waals surface area contributed by atoms with Crippen molar-refractivity contribution in [2.75, 3.05) is 26.1 Å². The molecule has 1 saturated carbocycles. The molecule has 0 spiro atoms. The summed E-state index contributed by atoms with van der Waals surface area (Å²) >= 11 is 0. The summed E-state index contributed by atoms with van der Waals surface area (Å²) in [6.07, 6.45) is 1.73. The van der Waals surface area contributed by atoms with Gasteiger partial charge in [0.15, 0.2) is 9.84 Å². The van der Waals surface area contributed by atoms with Gasteiger partial charge in [-0.3, -0.25) is 4.18 Å². The van der Waals surface area contributed by atoms with Gasteiger partial charge in [0.25, 0.3) is 10.1 Å². The number of ether oxygens (including phenoxy) is 1. The highest BCUT2D eigenvalue weighted by Crippen LogP contribution is 2.48. The van der Waals surface area contributed by atoms with E-state index in [-0.39, 0.29) is 0 Å².